The van der Waals surface area contributed by atoms with Crippen LogP contribution in [0.15, 0.2) is 21.5 Å². The molecule has 2 fully saturated rings. The van der Waals surface area contributed by atoms with Gasteiger partial charge in [-0.15, -0.1) is 11.3 Å². The minimum Gasteiger partial charge on any atom is -0.459 e. The second-order valence-electron chi connectivity index (χ2n) is 10.0. The summed E-state index contributed by atoms with van der Waals surface area (Å²) >= 11 is 2.62. The fourth-order valence-electron chi connectivity index (χ4n) is 5.24. The van der Waals surface area contributed by atoms with E-state index in [1.807, 2.05) is 6.92 Å². The molecule has 0 spiro atoms. The van der Waals surface area contributed by atoms with Gasteiger partial charge in [-0.05, 0) is 44.1 Å². The topological polar surface area (TPSA) is 142 Å². The number of rotatable bonds is 10. The maximum absolute atomic E-state index is 13.3. The Bertz CT molecular complexity index is 1190. The zero-order valence-corrected chi connectivity index (χ0v) is 24.5. The highest BCUT2D eigenvalue weighted by atomic mass is 32.2. The molecular formula is C27H34N2O9S2. The molecule has 1 unspecified atom stereocenters. The summed E-state index contributed by atoms with van der Waals surface area (Å²) in [7, 11) is 0. The van der Waals surface area contributed by atoms with Crippen LogP contribution in [0.1, 0.15) is 70.4 Å². The first kappa shape index (κ1) is 30.1. The molecule has 1 N–H and O–H groups in total. The molecule has 218 valence electrons. The fourth-order valence-corrected chi connectivity index (χ4v) is 7.02. The maximum Gasteiger partial charge on any atom is 0.511 e. The van der Waals surface area contributed by atoms with Gasteiger partial charge in [0, 0.05) is 24.7 Å². The van der Waals surface area contributed by atoms with E-state index in [1.165, 1.54) is 41.8 Å². The van der Waals surface area contributed by atoms with Crippen LogP contribution in [0.2, 0.25) is 0 Å². The van der Waals surface area contributed by atoms with Crippen molar-refractivity contribution >= 4 is 53.2 Å². The van der Waals surface area contributed by atoms with E-state index >= 15 is 0 Å². The number of carbonyl (C=O) groups is 4. The highest BCUT2D eigenvalue weighted by molar-refractivity contribution is 8.06. The van der Waals surface area contributed by atoms with Gasteiger partial charge in [0.1, 0.15) is 18.4 Å². The average molecular weight is 595 g/mol. The zero-order valence-electron chi connectivity index (χ0n) is 22.9. The third kappa shape index (κ3) is 6.69. The van der Waals surface area contributed by atoms with Crippen molar-refractivity contribution in [3.63, 3.8) is 0 Å². The number of thioether (sulfide) groups is 1. The number of carbonyl (C=O) groups excluding carboxylic acids is 4. The number of hydrogen-bond donors (Lipinski definition) is 1. The molecule has 1 aliphatic carbocycles. The van der Waals surface area contributed by atoms with Gasteiger partial charge in [0.15, 0.2) is 0 Å². The van der Waals surface area contributed by atoms with Crippen molar-refractivity contribution in [2.45, 2.75) is 90.9 Å². The third-order valence-corrected chi connectivity index (χ3v) is 9.08. The van der Waals surface area contributed by atoms with Gasteiger partial charge < -0.3 is 29.0 Å². The predicted octanol–water partition coefficient (Wildman–Crippen LogP) is 4.35. The van der Waals surface area contributed by atoms with Crippen LogP contribution in [-0.2, 0) is 39.9 Å². The molecule has 3 aliphatic rings. The molecular weight excluding hydrogens is 560 g/mol. The van der Waals surface area contributed by atoms with Gasteiger partial charge in [-0.1, -0.05) is 25.1 Å². The summed E-state index contributed by atoms with van der Waals surface area (Å²) in [5, 5.41) is 12.0. The first-order valence-corrected chi connectivity index (χ1v) is 15.1. The van der Waals surface area contributed by atoms with Crippen LogP contribution in [-0.4, -0.2) is 63.5 Å². The monoisotopic (exact) mass is 594 g/mol. The predicted molar refractivity (Wildman–Crippen MR) is 146 cm³/mol. The molecule has 1 aromatic rings. The number of thiazole rings is 1. The van der Waals surface area contributed by atoms with Crippen LogP contribution in [0.3, 0.4) is 0 Å². The minimum atomic E-state index is -1.24. The first-order chi connectivity index (χ1) is 19.1. The lowest BCUT2D eigenvalue weighted by Gasteiger charge is -2.46. The summed E-state index contributed by atoms with van der Waals surface area (Å²) in [6.07, 6.45) is 3.19. The largest absolute Gasteiger partial charge is 0.511 e. The Morgan fingerprint density at radius 3 is 2.62 bits per heavy atom. The van der Waals surface area contributed by atoms with Crippen molar-refractivity contribution in [2.75, 3.05) is 0 Å². The lowest BCUT2D eigenvalue weighted by Crippen LogP contribution is -2.63. The van der Waals surface area contributed by atoms with Crippen LogP contribution in [0.5, 0.6) is 0 Å². The molecule has 5 atom stereocenters. The number of β-lactam (4-membered cyclic amide) rings is 1. The van der Waals surface area contributed by atoms with Crippen LogP contribution < -0.4 is 0 Å². The lowest BCUT2D eigenvalue weighted by molar-refractivity contribution is -0.174. The number of aliphatic hydroxyl groups is 1. The Balaban J connectivity index is 1.47. The van der Waals surface area contributed by atoms with Crippen molar-refractivity contribution < 1.29 is 43.2 Å². The average Bonchev–Trinajstić information content (AvgIpc) is 3.43. The summed E-state index contributed by atoms with van der Waals surface area (Å²) in [6.45, 7) is 6.22. The molecule has 13 heteroatoms. The summed E-state index contributed by atoms with van der Waals surface area (Å²) < 4.78 is 21.0. The van der Waals surface area contributed by atoms with Gasteiger partial charge in [-0.25, -0.2) is 14.6 Å². The molecule has 1 amide bonds. The van der Waals surface area contributed by atoms with E-state index in [0.29, 0.717) is 10.6 Å². The van der Waals surface area contributed by atoms with Crippen molar-refractivity contribution in [3.8, 4) is 0 Å². The number of amides is 1. The molecule has 3 heterocycles. The molecule has 2 aliphatic heterocycles. The molecule has 1 aromatic heterocycles. The highest BCUT2D eigenvalue weighted by Gasteiger charge is 2.60. The van der Waals surface area contributed by atoms with E-state index in [4.69, 9.17) is 18.9 Å². The summed E-state index contributed by atoms with van der Waals surface area (Å²) in [6, 6.07) is -0.402. The summed E-state index contributed by atoms with van der Waals surface area (Å²) in [5.41, 5.74) is 2.31. The van der Waals surface area contributed by atoms with E-state index in [2.05, 4.69) is 4.98 Å². The molecule has 40 heavy (non-hydrogen) atoms. The zero-order chi connectivity index (χ0) is 29.0. The third-order valence-electron chi connectivity index (χ3n) is 7.15. The standard InChI is InChI=1S/C27H34N2O9S2/c1-14-22-21(15(2)30)25(32)29(22)23(24(14)39-11-10-20-19(28-13-40-20)12-35-16(3)31)26(33)36-17(4)37-27(34)38-18-8-6-5-7-9-18/h10-11,13-15,17-18,21-22,30H,5-9,12H2,1-4H3/t14-,15-,17?,21-,22-/m1/s1. The number of fused-ring (bicyclic) bond motifs is 1. The minimum absolute atomic E-state index is 0.0430. The van der Waals surface area contributed by atoms with Gasteiger partial charge in [0.05, 0.1) is 34.1 Å². The van der Waals surface area contributed by atoms with Crippen molar-refractivity contribution in [1.82, 2.24) is 9.88 Å². The second-order valence-corrected chi connectivity index (χ2v) is 11.9. The quantitative estimate of drug-likeness (QED) is 0.179. The number of esters is 2. The summed E-state index contributed by atoms with van der Waals surface area (Å²) in [4.78, 5) is 56.6. The maximum atomic E-state index is 13.3. The smallest absolute Gasteiger partial charge is 0.459 e. The SMILES string of the molecule is CC(=O)OCc1ncsc1C=CSC1=C(C(=O)OC(C)OC(=O)OC2CCCCC2)N2C(=O)[C@H]([C@@H](C)O)[C@H]2[C@H]1C. The number of aliphatic hydroxyl groups excluding tert-OH is 1. The Morgan fingerprint density at radius 1 is 1.23 bits per heavy atom. The number of ether oxygens (including phenoxy) is 4. The second kappa shape index (κ2) is 13.2. The molecule has 0 aromatic carbocycles. The van der Waals surface area contributed by atoms with E-state index < -0.39 is 42.4 Å². The van der Waals surface area contributed by atoms with Crippen LogP contribution in [0, 0.1) is 11.8 Å². The molecule has 11 nitrogen and oxygen atoms in total. The number of nitrogens with zero attached hydrogens (tertiary/aromatic N) is 2. The lowest BCUT2D eigenvalue weighted by atomic mass is 9.79. The van der Waals surface area contributed by atoms with E-state index in [1.54, 1.807) is 23.9 Å². The van der Waals surface area contributed by atoms with E-state index in [9.17, 15) is 24.3 Å². The molecule has 0 radical (unpaired) electrons. The highest BCUT2D eigenvalue weighted by Crippen LogP contribution is 2.51. The van der Waals surface area contributed by atoms with Crippen LogP contribution in [0.4, 0.5) is 4.79 Å². The summed E-state index contributed by atoms with van der Waals surface area (Å²) in [5.74, 6) is -2.49. The molecule has 0 bridgehead atoms. The molecule has 1 saturated heterocycles. The fraction of sp³-hybridized carbons (Fsp3) is 0.593. The number of hydrogen-bond acceptors (Lipinski definition) is 12. The van der Waals surface area contributed by atoms with Gasteiger partial charge in [-0.2, -0.15) is 0 Å². The van der Waals surface area contributed by atoms with E-state index in [0.717, 1.165) is 37.0 Å². The van der Waals surface area contributed by atoms with Gasteiger partial charge in [0.2, 0.25) is 12.2 Å². The van der Waals surface area contributed by atoms with Crippen molar-refractivity contribution in [1.29, 1.82) is 0 Å². The Hall–Kier alpha value is -2.90. The Kier molecular flexibility index (Phi) is 9.90. The first-order valence-electron chi connectivity index (χ1n) is 13.3. The van der Waals surface area contributed by atoms with Gasteiger partial charge >= 0.3 is 18.1 Å². The number of aromatic nitrogens is 1. The van der Waals surface area contributed by atoms with Crippen LogP contribution in [0.25, 0.3) is 6.08 Å². The van der Waals surface area contributed by atoms with Crippen molar-refractivity contribution in [3.05, 3.63) is 32.1 Å². The Morgan fingerprint density at radius 2 is 1.95 bits per heavy atom. The Labute approximate surface area is 240 Å². The van der Waals surface area contributed by atoms with Crippen molar-refractivity contribution in [2.24, 2.45) is 11.8 Å². The molecule has 4 rings (SSSR count). The van der Waals surface area contributed by atoms with Gasteiger partial charge in [0.25, 0.3) is 0 Å². The molecule has 1 saturated carbocycles. The van der Waals surface area contributed by atoms with E-state index in [-0.39, 0.29) is 30.2 Å². The van der Waals surface area contributed by atoms with Crippen LogP contribution >= 0.6 is 23.1 Å². The van der Waals surface area contributed by atoms with Gasteiger partial charge in [-0.3, -0.25) is 9.59 Å². The normalized spacial score (nSPS) is 24.4.